The van der Waals surface area contributed by atoms with E-state index in [0.717, 1.165) is 12.8 Å². The number of aliphatic hydroxyl groups is 1. The lowest BCUT2D eigenvalue weighted by molar-refractivity contribution is 0.153. The lowest BCUT2D eigenvalue weighted by Crippen LogP contribution is -2.47. The summed E-state index contributed by atoms with van der Waals surface area (Å²) in [5, 5.41) is 12.7. The first kappa shape index (κ1) is 11.6. The van der Waals surface area contributed by atoms with Gasteiger partial charge >= 0.3 is 0 Å². The minimum atomic E-state index is -0.262. The largest absolute Gasteiger partial charge is 0.394 e. The third-order valence-corrected chi connectivity index (χ3v) is 3.45. The normalized spacial score (nSPS) is 19.4. The number of aliphatic hydroxyl groups excluding tert-OH is 1. The van der Waals surface area contributed by atoms with Crippen molar-refractivity contribution in [1.29, 1.82) is 0 Å². The van der Waals surface area contributed by atoms with Gasteiger partial charge in [-0.05, 0) is 31.7 Å². The fourth-order valence-corrected chi connectivity index (χ4v) is 1.99. The Morgan fingerprint density at radius 1 is 1.44 bits per heavy atom. The third kappa shape index (κ3) is 2.42. The Labute approximate surface area is 95.5 Å². The minimum absolute atomic E-state index is 0.103. The molecule has 0 aliphatic heterocycles. The average molecular weight is 223 g/mol. The first-order valence-corrected chi connectivity index (χ1v) is 5.75. The fraction of sp³-hybridized carbons (Fsp3) is 0.538. The lowest BCUT2D eigenvalue weighted by Gasteiger charge is -2.29. The molecule has 2 nitrogen and oxygen atoms in total. The zero-order valence-electron chi connectivity index (χ0n) is 9.54. The Balaban J connectivity index is 1.98. The van der Waals surface area contributed by atoms with Crippen molar-refractivity contribution < 1.29 is 9.50 Å². The van der Waals surface area contributed by atoms with Gasteiger partial charge in [0.05, 0.1) is 6.61 Å². The van der Waals surface area contributed by atoms with Gasteiger partial charge in [-0.3, -0.25) is 0 Å². The Morgan fingerprint density at radius 2 is 2.12 bits per heavy atom. The molecule has 1 atom stereocenters. The van der Waals surface area contributed by atoms with E-state index in [-0.39, 0.29) is 18.0 Å². The molecule has 1 saturated carbocycles. The zero-order valence-corrected chi connectivity index (χ0v) is 9.54. The molecule has 1 aromatic carbocycles. The van der Waals surface area contributed by atoms with E-state index in [1.54, 1.807) is 12.1 Å². The van der Waals surface area contributed by atoms with Crippen LogP contribution < -0.4 is 5.32 Å². The van der Waals surface area contributed by atoms with Crippen molar-refractivity contribution in [2.45, 2.75) is 31.8 Å². The second-order valence-corrected chi connectivity index (χ2v) is 4.79. The van der Waals surface area contributed by atoms with Gasteiger partial charge in [-0.2, -0.15) is 0 Å². The highest BCUT2D eigenvalue weighted by atomic mass is 19.1. The average Bonchev–Trinajstić information content (AvgIpc) is 3.12. The van der Waals surface area contributed by atoms with Crippen LogP contribution in [0, 0.1) is 11.7 Å². The van der Waals surface area contributed by atoms with Gasteiger partial charge < -0.3 is 10.4 Å². The molecule has 0 saturated heterocycles. The third-order valence-electron chi connectivity index (χ3n) is 3.45. The predicted octanol–water partition coefficient (Wildman–Crippen LogP) is 2.08. The summed E-state index contributed by atoms with van der Waals surface area (Å²) in [6.45, 7) is 2.58. The Hall–Kier alpha value is -0.930. The molecule has 2 rings (SSSR count). The van der Waals surface area contributed by atoms with Gasteiger partial charge in [0, 0.05) is 17.6 Å². The molecule has 1 aliphatic rings. The predicted molar refractivity (Wildman–Crippen MR) is 61.5 cm³/mol. The molecule has 1 unspecified atom stereocenters. The summed E-state index contributed by atoms with van der Waals surface area (Å²) < 4.78 is 13.4. The van der Waals surface area contributed by atoms with Crippen molar-refractivity contribution in [1.82, 2.24) is 5.32 Å². The van der Waals surface area contributed by atoms with E-state index in [0.29, 0.717) is 18.0 Å². The summed E-state index contributed by atoms with van der Waals surface area (Å²) in [6, 6.07) is 6.75. The van der Waals surface area contributed by atoms with Crippen molar-refractivity contribution in [2.24, 2.45) is 5.92 Å². The van der Waals surface area contributed by atoms with Crippen molar-refractivity contribution in [3.63, 3.8) is 0 Å². The number of hydrogen-bond donors (Lipinski definition) is 2. The summed E-state index contributed by atoms with van der Waals surface area (Å²) in [6.07, 6.45) is 2.31. The molecular formula is C13H18FNO. The van der Waals surface area contributed by atoms with Crippen molar-refractivity contribution in [3.8, 4) is 0 Å². The van der Waals surface area contributed by atoms with Gasteiger partial charge in [0.25, 0.3) is 0 Å². The van der Waals surface area contributed by atoms with Crippen LogP contribution in [0.4, 0.5) is 4.39 Å². The molecule has 0 heterocycles. The van der Waals surface area contributed by atoms with E-state index in [1.165, 1.54) is 6.07 Å². The summed E-state index contributed by atoms with van der Waals surface area (Å²) in [5.74, 6) is 0.343. The Bertz CT molecular complexity index is 365. The van der Waals surface area contributed by atoms with Crippen molar-refractivity contribution in [3.05, 3.63) is 35.6 Å². The van der Waals surface area contributed by atoms with Crippen LogP contribution in [-0.4, -0.2) is 17.3 Å². The highest BCUT2D eigenvalue weighted by Crippen LogP contribution is 2.39. The molecule has 88 valence electrons. The van der Waals surface area contributed by atoms with Crippen LogP contribution in [-0.2, 0) is 6.54 Å². The van der Waals surface area contributed by atoms with Crippen LogP contribution >= 0.6 is 0 Å². The van der Waals surface area contributed by atoms with Crippen molar-refractivity contribution >= 4 is 0 Å². The van der Waals surface area contributed by atoms with Gasteiger partial charge in [0.2, 0.25) is 0 Å². The highest BCUT2D eigenvalue weighted by Gasteiger charge is 2.40. The monoisotopic (exact) mass is 223 g/mol. The highest BCUT2D eigenvalue weighted by molar-refractivity contribution is 5.17. The van der Waals surface area contributed by atoms with E-state index in [1.807, 2.05) is 13.0 Å². The maximum Gasteiger partial charge on any atom is 0.127 e. The number of rotatable bonds is 5. The Kier molecular flexibility index (Phi) is 3.26. The number of hydrogen-bond acceptors (Lipinski definition) is 2. The van der Waals surface area contributed by atoms with E-state index in [4.69, 9.17) is 0 Å². The van der Waals surface area contributed by atoms with Gasteiger partial charge in [0.1, 0.15) is 5.82 Å². The van der Waals surface area contributed by atoms with Crippen molar-refractivity contribution in [2.75, 3.05) is 6.61 Å². The maximum absolute atomic E-state index is 13.4. The molecule has 1 fully saturated rings. The van der Waals surface area contributed by atoms with Crippen LogP contribution in [0.25, 0.3) is 0 Å². The summed E-state index contributed by atoms with van der Waals surface area (Å²) in [4.78, 5) is 0. The maximum atomic E-state index is 13.4. The second-order valence-electron chi connectivity index (χ2n) is 4.79. The SMILES string of the molecule is CC(CO)(NCc1ccccc1F)C1CC1. The molecule has 0 radical (unpaired) electrons. The summed E-state index contributed by atoms with van der Waals surface area (Å²) >= 11 is 0. The van der Waals surface area contributed by atoms with Crippen LogP contribution in [0.1, 0.15) is 25.3 Å². The molecule has 16 heavy (non-hydrogen) atoms. The topological polar surface area (TPSA) is 32.3 Å². The molecule has 1 aromatic rings. The van der Waals surface area contributed by atoms with E-state index in [2.05, 4.69) is 5.32 Å². The molecule has 0 spiro atoms. The van der Waals surface area contributed by atoms with Crippen LogP contribution in [0.15, 0.2) is 24.3 Å². The number of halogens is 1. The molecular weight excluding hydrogens is 205 g/mol. The molecule has 2 N–H and O–H groups in total. The summed E-state index contributed by atoms with van der Waals surface area (Å²) in [7, 11) is 0. The lowest BCUT2D eigenvalue weighted by atomic mass is 9.96. The van der Waals surface area contributed by atoms with Gasteiger partial charge in [-0.15, -0.1) is 0 Å². The number of benzene rings is 1. The summed E-state index contributed by atoms with van der Waals surface area (Å²) in [5.41, 5.74) is 0.394. The van der Waals surface area contributed by atoms with Gasteiger partial charge in [-0.1, -0.05) is 18.2 Å². The Morgan fingerprint density at radius 3 is 2.69 bits per heavy atom. The van der Waals surface area contributed by atoms with Gasteiger partial charge in [0.15, 0.2) is 0 Å². The smallest absolute Gasteiger partial charge is 0.127 e. The van der Waals surface area contributed by atoms with Crippen LogP contribution in [0.2, 0.25) is 0 Å². The first-order chi connectivity index (χ1) is 7.65. The molecule has 0 amide bonds. The van der Waals surface area contributed by atoms with E-state index in [9.17, 15) is 9.50 Å². The number of nitrogens with one attached hydrogen (secondary N) is 1. The van der Waals surface area contributed by atoms with E-state index < -0.39 is 0 Å². The van der Waals surface area contributed by atoms with Crippen LogP contribution in [0.3, 0.4) is 0 Å². The van der Waals surface area contributed by atoms with E-state index >= 15 is 0 Å². The standard InChI is InChI=1S/C13H18FNO/c1-13(9-16,11-6-7-11)15-8-10-4-2-3-5-12(10)14/h2-5,11,15-16H,6-9H2,1H3. The second kappa shape index (κ2) is 4.52. The first-order valence-electron chi connectivity index (χ1n) is 5.75. The molecule has 3 heteroatoms. The minimum Gasteiger partial charge on any atom is -0.394 e. The quantitative estimate of drug-likeness (QED) is 0.801. The zero-order chi connectivity index (χ0) is 11.6. The fourth-order valence-electron chi connectivity index (χ4n) is 1.99. The molecule has 1 aliphatic carbocycles. The molecule has 0 aromatic heterocycles. The van der Waals surface area contributed by atoms with Gasteiger partial charge in [-0.25, -0.2) is 4.39 Å². The van der Waals surface area contributed by atoms with Crippen LogP contribution in [0.5, 0.6) is 0 Å². The molecule has 0 bridgehead atoms.